The minimum absolute atomic E-state index is 0.201. The first kappa shape index (κ1) is 21.6. The van der Waals surface area contributed by atoms with E-state index in [1.54, 1.807) is 49.6 Å². The molecule has 0 saturated heterocycles. The summed E-state index contributed by atoms with van der Waals surface area (Å²) in [5.74, 6) is 1.36. The zero-order chi connectivity index (χ0) is 22.7. The monoisotopic (exact) mass is 448 g/mol. The van der Waals surface area contributed by atoms with Crippen LogP contribution in [0.2, 0.25) is 0 Å². The molecule has 0 unspecified atom stereocenters. The van der Waals surface area contributed by atoms with Gasteiger partial charge < -0.3 is 9.47 Å². The zero-order valence-electron chi connectivity index (χ0n) is 18.1. The first-order valence-electron chi connectivity index (χ1n) is 10.1. The number of ether oxygens (including phenoxy) is 2. The lowest BCUT2D eigenvalue weighted by Crippen LogP contribution is -2.13. The van der Waals surface area contributed by atoms with Crippen LogP contribution >= 0.6 is 0 Å². The Bertz CT molecular complexity index is 1330. The third-order valence-electron chi connectivity index (χ3n) is 5.12. The van der Waals surface area contributed by atoms with Crippen molar-refractivity contribution in [1.82, 2.24) is 8.96 Å². The van der Waals surface area contributed by atoms with E-state index in [0.717, 1.165) is 11.1 Å². The van der Waals surface area contributed by atoms with Crippen molar-refractivity contribution in [3.8, 4) is 22.9 Å². The van der Waals surface area contributed by atoms with Gasteiger partial charge in [-0.05, 0) is 49.7 Å². The Morgan fingerprint density at radius 2 is 1.53 bits per heavy atom. The number of aromatic nitrogens is 2. The van der Waals surface area contributed by atoms with Crippen LogP contribution in [0, 0.1) is 13.8 Å². The average molecular weight is 449 g/mol. The van der Waals surface area contributed by atoms with Crippen LogP contribution in [0.5, 0.6) is 11.5 Å². The number of hydrogen-bond acceptors (Lipinski definition) is 5. The largest absolute Gasteiger partial charge is 0.493 e. The molecule has 0 bridgehead atoms. The number of imidazole rings is 1. The molecule has 3 aromatic carbocycles. The summed E-state index contributed by atoms with van der Waals surface area (Å²) >= 11 is 0. The molecule has 32 heavy (non-hydrogen) atoms. The first-order valence-corrected chi connectivity index (χ1v) is 11.5. The predicted octanol–water partition coefficient (Wildman–Crippen LogP) is 4.99. The minimum atomic E-state index is -3.80. The fourth-order valence-corrected chi connectivity index (χ4v) is 4.59. The standard InChI is InChI=1S/C25H24N2O4S/c1-18-4-8-20(9-5-18)17-31-24-16-21(10-13-23(24)30-3)25-26-14-15-27(25)32(28,29)22-11-6-19(2)7-12-22/h4-16H,17H2,1-3H3. The molecule has 0 aliphatic carbocycles. The molecule has 4 rings (SSSR count). The Labute approximate surface area is 188 Å². The van der Waals surface area contributed by atoms with E-state index in [9.17, 15) is 8.42 Å². The molecule has 0 atom stereocenters. The van der Waals surface area contributed by atoms with Gasteiger partial charge in [0.1, 0.15) is 6.61 Å². The van der Waals surface area contributed by atoms with Gasteiger partial charge in [0, 0.05) is 18.0 Å². The lowest BCUT2D eigenvalue weighted by molar-refractivity contribution is 0.284. The summed E-state index contributed by atoms with van der Waals surface area (Å²) in [4.78, 5) is 4.51. The highest BCUT2D eigenvalue weighted by atomic mass is 32.2. The maximum atomic E-state index is 13.2. The summed E-state index contributed by atoms with van der Waals surface area (Å²) in [6.45, 7) is 4.30. The lowest BCUT2D eigenvalue weighted by atomic mass is 10.1. The summed E-state index contributed by atoms with van der Waals surface area (Å²) in [5.41, 5.74) is 3.78. The van der Waals surface area contributed by atoms with E-state index in [-0.39, 0.29) is 4.90 Å². The highest BCUT2D eigenvalue weighted by Crippen LogP contribution is 2.33. The maximum absolute atomic E-state index is 13.2. The van der Waals surface area contributed by atoms with Crippen LogP contribution in [0.4, 0.5) is 0 Å². The Balaban J connectivity index is 1.68. The molecule has 7 heteroatoms. The smallest absolute Gasteiger partial charge is 0.269 e. The summed E-state index contributed by atoms with van der Waals surface area (Å²) in [7, 11) is -2.23. The molecule has 0 N–H and O–H groups in total. The van der Waals surface area contributed by atoms with Gasteiger partial charge in [-0.2, -0.15) is 0 Å². The zero-order valence-corrected chi connectivity index (χ0v) is 19.0. The van der Waals surface area contributed by atoms with Gasteiger partial charge in [0.2, 0.25) is 0 Å². The van der Waals surface area contributed by atoms with E-state index in [2.05, 4.69) is 4.98 Å². The van der Waals surface area contributed by atoms with Crippen LogP contribution < -0.4 is 9.47 Å². The number of methoxy groups -OCH3 is 1. The average Bonchev–Trinajstić information content (AvgIpc) is 3.30. The molecule has 0 aliphatic rings. The fraction of sp³-hybridized carbons (Fsp3) is 0.160. The number of hydrogen-bond donors (Lipinski definition) is 0. The summed E-state index contributed by atoms with van der Waals surface area (Å²) in [5, 5.41) is 0. The van der Waals surface area contributed by atoms with E-state index in [4.69, 9.17) is 9.47 Å². The van der Waals surface area contributed by atoms with Gasteiger partial charge in [0.15, 0.2) is 17.3 Å². The summed E-state index contributed by atoms with van der Waals surface area (Å²) in [6, 6.07) is 20.1. The Kier molecular flexibility index (Phi) is 6.01. The van der Waals surface area contributed by atoms with Crippen molar-refractivity contribution in [2.24, 2.45) is 0 Å². The number of rotatable bonds is 7. The van der Waals surface area contributed by atoms with E-state index < -0.39 is 10.0 Å². The normalized spacial score (nSPS) is 11.3. The Morgan fingerprint density at radius 1 is 0.875 bits per heavy atom. The molecule has 1 aromatic heterocycles. The molecule has 0 fully saturated rings. The second-order valence-corrected chi connectivity index (χ2v) is 9.32. The fourth-order valence-electron chi connectivity index (χ4n) is 3.29. The van der Waals surface area contributed by atoms with Crippen LogP contribution in [-0.4, -0.2) is 24.5 Å². The van der Waals surface area contributed by atoms with E-state index >= 15 is 0 Å². The molecule has 0 amide bonds. The molecule has 4 aromatic rings. The second kappa shape index (κ2) is 8.88. The SMILES string of the molecule is COc1ccc(-c2nccn2S(=O)(=O)c2ccc(C)cc2)cc1OCc1ccc(C)cc1. The van der Waals surface area contributed by atoms with Crippen molar-refractivity contribution in [3.63, 3.8) is 0 Å². The van der Waals surface area contributed by atoms with Crippen molar-refractivity contribution in [1.29, 1.82) is 0 Å². The topological polar surface area (TPSA) is 70.4 Å². The predicted molar refractivity (Wildman–Crippen MR) is 123 cm³/mol. The number of benzene rings is 3. The van der Waals surface area contributed by atoms with Gasteiger partial charge in [-0.15, -0.1) is 0 Å². The third kappa shape index (κ3) is 4.38. The van der Waals surface area contributed by atoms with Crippen molar-refractivity contribution in [2.45, 2.75) is 25.3 Å². The van der Waals surface area contributed by atoms with Gasteiger partial charge >= 0.3 is 0 Å². The molecule has 0 aliphatic heterocycles. The molecule has 6 nitrogen and oxygen atoms in total. The number of nitrogens with zero attached hydrogens (tertiary/aromatic N) is 2. The van der Waals surface area contributed by atoms with Crippen LogP contribution in [0.3, 0.4) is 0 Å². The van der Waals surface area contributed by atoms with Gasteiger partial charge in [-0.25, -0.2) is 17.4 Å². The summed E-state index contributed by atoms with van der Waals surface area (Å²) in [6.07, 6.45) is 2.92. The van der Waals surface area contributed by atoms with Crippen molar-refractivity contribution < 1.29 is 17.9 Å². The second-order valence-electron chi connectivity index (χ2n) is 7.50. The molecular weight excluding hydrogens is 424 g/mol. The molecule has 0 spiro atoms. The Morgan fingerprint density at radius 3 is 2.19 bits per heavy atom. The van der Waals surface area contributed by atoms with Gasteiger partial charge in [0.05, 0.1) is 12.0 Å². The van der Waals surface area contributed by atoms with Crippen molar-refractivity contribution >= 4 is 10.0 Å². The third-order valence-corrected chi connectivity index (χ3v) is 6.80. The molecule has 1 heterocycles. The van der Waals surface area contributed by atoms with E-state index in [1.807, 2.05) is 38.1 Å². The molecule has 0 radical (unpaired) electrons. The van der Waals surface area contributed by atoms with Gasteiger partial charge in [0.25, 0.3) is 10.0 Å². The molecule has 0 saturated carbocycles. The maximum Gasteiger partial charge on any atom is 0.269 e. The number of aryl methyl sites for hydroxylation is 2. The minimum Gasteiger partial charge on any atom is -0.493 e. The van der Waals surface area contributed by atoms with Gasteiger partial charge in [-0.3, -0.25) is 0 Å². The highest BCUT2D eigenvalue weighted by Gasteiger charge is 2.22. The van der Waals surface area contributed by atoms with Crippen molar-refractivity contribution in [2.75, 3.05) is 7.11 Å². The highest BCUT2D eigenvalue weighted by molar-refractivity contribution is 7.90. The molecule has 164 valence electrons. The van der Waals surface area contributed by atoms with E-state index in [0.29, 0.717) is 29.5 Å². The van der Waals surface area contributed by atoms with Crippen LogP contribution in [0.15, 0.2) is 84.0 Å². The Hall–Kier alpha value is -3.58. The van der Waals surface area contributed by atoms with Crippen molar-refractivity contribution in [3.05, 3.63) is 95.8 Å². The van der Waals surface area contributed by atoms with E-state index in [1.165, 1.54) is 21.9 Å². The quantitative estimate of drug-likeness (QED) is 0.398. The van der Waals surface area contributed by atoms with Crippen LogP contribution in [0.1, 0.15) is 16.7 Å². The molecular formula is C25H24N2O4S. The van der Waals surface area contributed by atoms with Gasteiger partial charge in [-0.1, -0.05) is 47.5 Å². The first-order chi connectivity index (χ1) is 15.4. The lowest BCUT2D eigenvalue weighted by Gasteiger charge is -2.14. The van der Waals surface area contributed by atoms with Crippen LogP contribution in [-0.2, 0) is 16.6 Å². The van der Waals surface area contributed by atoms with Crippen LogP contribution in [0.25, 0.3) is 11.4 Å². The summed E-state index contributed by atoms with van der Waals surface area (Å²) < 4.78 is 39.0.